The highest BCUT2D eigenvalue weighted by Crippen LogP contribution is 2.34. The number of rotatable bonds is 4. The van der Waals surface area contributed by atoms with Gasteiger partial charge in [0.2, 0.25) is 0 Å². The summed E-state index contributed by atoms with van der Waals surface area (Å²) in [5.41, 5.74) is 1.11. The van der Waals surface area contributed by atoms with Crippen LogP contribution in [0.1, 0.15) is 25.0 Å². The molecular weight excluding hydrogens is 248 g/mol. The number of nitrogens with zero attached hydrogens (tertiary/aromatic N) is 2. The molecule has 1 fully saturated rings. The summed E-state index contributed by atoms with van der Waals surface area (Å²) in [6.45, 7) is 3.03. The maximum absolute atomic E-state index is 11.2. The van der Waals surface area contributed by atoms with E-state index in [2.05, 4.69) is 0 Å². The van der Waals surface area contributed by atoms with E-state index in [0.717, 1.165) is 6.42 Å². The Bertz CT molecular complexity index is 476. The molecule has 1 heterocycles. The molecule has 0 aromatic heterocycles. The van der Waals surface area contributed by atoms with E-state index >= 15 is 0 Å². The molecule has 2 N–H and O–H groups in total. The summed E-state index contributed by atoms with van der Waals surface area (Å²) in [4.78, 5) is 12.7. The lowest BCUT2D eigenvalue weighted by Crippen LogP contribution is -2.21. The fraction of sp³-hybridized carbons (Fsp3) is 0.538. The molecule has 0 saturated carbocycles. The van der Waals surface area contributed by atoms with Gasteiger partial charge in [-0.05, 0) is 25.0 Å². The molecule has 1 aromatic carbocycles. The third-order valence-electron chi connectivity index (χ3n) is 3.56. The Morgan fingerprint density at radius 2 is 2.32 bits per heavy atom. The highest BCUT2D eigenvalue weighted by atomic mass is 16.6. The van der Waals surface area contributed by atoms with Gasteiger partial charge >= 0.3 is 0 Å². The predicted octanol–water partition coefficient (Wildman–Crippen LogP) is 1.47. The van der Waals surface area contributed by atoms with E-state index in [1.165, 1.54) is 6.07 Å². The van der Waals surface area contributed by atoms with Crippen molar-refractivity contribution in [2.75, 3.05) is 24.6 Å². The molecule has 19 heavy (non-hydrogen) atoms. The van der Waals surface area contributed by atoms with Crippen LogP contribution in [-0.2, 0) is 0 Å². The van der Waals surface area contributed by atoms with E-state index in [1.807, 2.05) is 4.90 Å². The van der Waals surface area contributed by atoms with Crippen molar-refractivity contribution in [1.82, 2.24) is 0 Å². The lowest BCUT2D eigenvalue weighted by molar-refractivity contribution is -0.384. The van der Waals surface area contributed by atoms with Crippen LogP contribution in [0.2, 0.25) is 0 Å². The number of aliphatic hydroxyl groups excluding tert-OH is 2. The van der Waals surface area contributed by atoms with Gasteiger partial charge in [0.25, 0.3) is 5.69 Å². The van der Waals surface area contributed by atoms with Gasteiger partial charge in [-0.25, -0.2) is 0 Å². The van der Waals surface area contributed by atoms with Crippen molar-refractivity contribution < 1.29 is 15.1 Å². The molecule has 6 nitrogen and oxygen atoms in total. The van der Waals surface area contributed by atoms with Gasteiger partial charge in [-0.15, -0.1) is 0 Å². The summed E-state index contributed by atoms with van der Waals surface area (Å²) in [7, 11) is 0. The Balaban J connectivity index is 2.32. The normalized spacial score (nSPS) is 20.6. The minimum absolute atomic E-state index is 0.0111. The second-order valence-electron chi connectivity index (χ2n) is 4.96. The van der Waals surface area contributed by atoms with Crippen LogP contribution >= 0.6 is 0 Å². The zero-order valence-electron chi connectivity index (χ0n) is 10.8. The SMILES string of the molecule is CC(O)c1ccc(N2CCC(CO)C2)c([N+](=O)[O-])c1. The molecule has 0 radical (unpaired) electrons. The average Bonchev–Trinajstić information content (AvgIpc) is 2.86. The zero-order valence-corrected chi connectivity index (χ0v) is 10.8. The molecule has 1 saturated heterocycles. The molecule has 0 spiro atoms. The topological polar surface area (TPSA) is 86.8 Å². The second-order valence-corrected chi connectivity index (χ2v) is 4.96. The lowest BCUT2D eigenvalue weighted by atomic mass is 10.1. The molecule has 104 valence electrons. The van der Waals surface area contributed by atoms with Crippen molar-refractivity contribution in [3.8, 4) is 0 Å². The number of nitro benzene ring substituents is 1. The van der Waals surface area contributed by atoms with Gasteiger partial charge in [0.05, 0.1) is 11.0 Å². The summed E-state index contributed by atoms with van der Waals surface area (Å²) in [5.74, 6) is 0.177. The quantitative estimate of drug-likeness (QED) is 0.636. The third-order valence-corrected chi connectivity index (χ3v) is 3.56. The highest BCUT2D eigenvalue weighted by Gasteiger charge is 2.27. The van der Waals surface area contributed by atoms with Crippen molar-refractivity contribution in [1.29, 1.82) is 0 Å². The van der Waals surface area contributed by atoms with E-state index in [-0.39, 0.29) is 18.2 Å². The Kier molecular flexibility index (Phi) is 4.01. The van der Waals surface area contributed by atoms with Gasteiger partial charge in [0.15, 0.2) is 0 Å². The fourth-order valence-corrected chi connectivity index (χ4v) is 2.41. The maximum Gasteiger partial charge on any atom is 0.292 e. The van der Waals surface area contributed by atoms with Crippen LogP contribution in [0.15, 0.2) is 18.2 Å². The van der Waals surface area contributed by atoms with Gasteiger partial charge in [-0.1, -0.05) is 6.07 Å². The molecule has 2 atom stereocenters. The van der Waals surface area contributed by atoms with Crippen LogP contribution in [0.3, 0.4) is 0 Å². The number of anilines is 1. The predicted molar refractivity (Wildman–Crippen MR) is 71.1 cm³/mol. The zero-order chi connectivity index (χ0) is 14.0. The molecule has 1 aromatic rings. The maximum atomic E-state index is 11.2. The van der Waals surface area contributed by atoms with E-state index in [9.17, 15) is 15.2 Å². The second kappa shape index (κ2) is 5.54. The first-order valence-electron chi connectivity index (χ1n) is 6.35. The molecule has 6 heteroatoms. The van der Waals surface area contributed by atoms with Crippen molar-refractivity contribution in [2.24, 2.45) is 5.92 Å². The molecule has 0 bridgehead atoms. The van der Waals surface area contributed by atoms with Crippen LogP contribution in [0.4, 0.5) is 11.4 Å². The van der Waals surface area contributed by atoms with E-state index in [4.69, 9.17) is 5.11 Å². The van der Waals surface area contributed by atoms with Crippen molar-refractivity contribution in [2.45, 2.75) is 19.4 Å². The minimum atomic E-state index is -0.725. The first kappa shape index (κ1) is 13.8. The molecule has 2 unspecified atom stereocenters. The highest BCUT2D eigenvalue weighted by molar-refractivity contribution is 5.65. The number of benzene rings is 1. The minimum Gasteiger partial charge on any atom is -0.396 e. The molecular formula is C13H18N2O4. The van der Waals surface area contributed by atoms with Crippen LogP contribution in [-0.4, -0.2) is 34.8 Å². The average molecular weight is 266 g/mol. The molecule has 0 aliphatic carbocycles. The monoisotopic (exact) mass is 266 g/mol. The Morgan fingerprint density at radius 3 is 2.84 bits per heavy atom. The first-order valence-corrected chi connectivity index (χ1v) is 6.35. The van der Waals surface area contributed by atoms with Gasteiger partial charge < -0.3 is 15.1 Å². The molecule has 0 amide bonds. The van der Waals surface area contributed by atoms with E-state index < -0.39 is 11.0 Å². The summed E-state index contributed by atoms with van der Waals surface area (Å²) < 4.78 is 0. The Labute approximate surface area is 111 Å². The van der Waals surface area contributed by atoms with Crippen LogP contribution < -0.4 is 4.90 Å². The standard InChI is InChI=1S/C13H18N2O4/c1-9(17)11-2-3-12(13(6-11)15(18)19)14-5-4-10(7-14)8-16/h2-3,6,9-10,16-17H,4-5,7-8H2,1H3. The van der Waals surface area contributed by atoms with Crippen LogP contribution in [0.5, 0.6) is 0 Å². The summed E-state index contributed by atoms with van der Waals surface area (Å²) in [6.07, 6.45) is 0.114. The lowest BCUT2D eigenvalue weighted by Gasteiger charge is -2.19. The van der Waals surface area contributed by atoms with E-state index in [0.29, 0.717) is 24.3 Å². The largest absolute Gasteiger partial charge is 0.396 e. The molecule has 1 aliphatic heterocycles. The summed E-state index contributed by atoms with van der Waals surface area (Å²) in [5, 5.41) is 29.8. The van der Waals surface area contributed by atoms with Gasteiger partial charge in [0.1, 0.15) is 5.69 Å². The van der Waals surface area contributed by atoms with E-state index in [1.54, 1.807) is 19.1 Å². The molecule has 1 aliphatic rings. The van der Waals surface area contributed by atoms with Crippen molar-refractivity contribution in [3.63, 3.8) is 0 Å². The number of aliphatic hydroxyl groups is 2. The van der Waals surface area contributed by atoms with Gasteiger partial charge in [0, 0.05) is 31.7 Å². The van der Waals surface area contributed by atoms with Gasteiger partial charge in [-0.2, -0.15) is 0 Å². The summed E-state index contributed by atoms with van der Waals surface area (Å²) >= 11 is 0. The smallest absolute Gasteiger partial charge is 0.292 e. The van der Waals surface area contributed by atoms with Crippen molar-refractivity contribution >= 4 is 11.4 Å². The molecule has 2 rings (SSSR count). The third kappa shape index (κ3) is 2.85. The fourth-order valence-electron chi connectivity index (χ4n) is 2.41. The number of hydrogen-bond acceptors (Lipinski definition) is 5. The Hall–Kier alpha value is -1.66. The van der Waals surface area contributed by atoms with Crippen LogP contribution in [0.25, 0.3) is 0 Å². The number of hydrogen-bond donors (Lipinski definition) is 2. The Morgan fingerprint density at radius 1 is 1.58 bits per heavy atom. The van der Waals surface area contributed by atoms with Crippen LogP contribution in [0, 0.1) is 16.0 Å². The first-order chi connectivity index (χ1) is 9.02. The number of nitro groups is 1. The summed E-state index contributed by atoms with van der Waals surface area (Å²) in [6, 6.07) is 4.81. The van der Waals surface area contributed by atoms with Crippen molar-refractivity contribution in [3.05, 3.63) is 33.9 Å². The van der Waals surface area contributed by atoms with Gasteiger partial charge in [-0.3, -0.25) is 10.1 Å².